The molecule has 0 spiro atoms. The second kappa shape index (κ2) is 5.14. The summed E-state index contributed by atoms with van der Waals surface area (Å²) in [5, 5.41) is 3.54. The Morgan fingerprint density at radius 1 is 1.39 bits per heavy atom. The highest BCUT2D eigenvalue weighted by atomic mass is 79.9. The molecule has 1 saturated carbocycles. The zero-order valence-electron chi connectivity index (χ0n) is 10.4. The topological polar surface area (TPSA) is 29.1 Å². The van der Waals surface area contributed by atoms with E-state index < -0.39 is 0 Å². The van der Waals surface area contributed by atoms with Gasteiger partial charge in [0.1, 0.15) is 0 Å². The number of nitrogens with one attached hydrogen (secondary N) is 1. The van der Waals surface area contributed by atoms with Crippen LogP contribution < -0.4 is 5.32 Å². The van der Waals surface area contributed by atoms with Gasteiger partial charge in [-0.25, -0.2) is 0 Å². The fourth-order valence-corrected chi connectivity index (χ4v) is 3.91. The molecule has 3 heteroatoms. The van der Waals surface area contributed by atoms with Crippen molar-refractivity contribution in [1.29, 1.82) is 0 Å². The fraction of sp³-hybridized carbons (Fsp3) is 0.533. The van der Waals surface area contributed by atoms with Crippen LogP contribution in [0.15, 0.2) is 28.7 Å². The number of fused-ring (bicyclic) bond motifs is 1. The van der Waals surface area contributed by atoms with Gasteiger partial charge in [-0.3, -0.25) is 4.79 Å². The molecule has 1 saturated heterocycles. The Labute approximate surface area is 116 Å². The van der Waals surface area contributed by atoms with Crippen LogP contribution in [0.1, 0.15) is 36.0 Å². The van der Waals surface area contributed by atoms with Crippen molar-refractivity contribution in [1.82, 2.24) is 5.32 Å². The van der Waals surface area contributed by atoms with Crippen LogP contribution in [0.25, 0.3) is 0 Å². The molecule has 1 heterocycles. The number of Topliss-reactive ketones (excluding diaryl/α,β-unsaturated/α-hetero) is 1. The number of rotatable bonds is 3. The highest BCUT2D eigenvalue weighted by Gasteiger charge is 2.39. The van der Waals surface area contributed by atoms with E-state index in [4.69, 9.17) is 0 Å². The van der Waals surface area contributed by atoms with E-state index in [9.17, 15) is 4.79 Å². The molecule has 1 aliphatic carbocycles. The van der Waals surface area contributed by atoms with Crippen LogP contribution in [0.3, 0.4) is 0 Å². The Morgan fingerprint density at radius 3 is 3.11 bits per heavy atom. The molecule has 1 N–H and O–H groups in total. The van der Waals surface area contributed by atoms with Crippen LogP contribution in [0, 0.1) is 11.8 Å². The molecule has 1 aromatic rings. The lowest BCUT2D eigenvalue weighted by Gasteiger charge is -2.17. The molecule has 3 rings (SSSR count). The Bertz CT molecular complexity index is 460. The first-order valence-corrected chi connectivity index (χ1v) is 7.55. The summed E-state index contributed by atoms with van der Waals surface area (Å²) in [5.74, 6) is 1.83. The van der Waals surface area contributed by atoms with Crippen molar-refractivity contribution in [3.8, 4) is 0 Å². The third kappa shape index (κ3) is 2.39. The summed E-state index contributed by atoms with van der Waals surface area (Å²) in [7, 11) is 0. The average molecular weight is 308 g/mol. The average Bonchev–Trinajstić information content (AvgIpc) is 2.94. The number of ketones is 1. The number of hydrogen-bond acceptors (Lipinski definition) is 2. The lowest BCUT2D eigenvalue weighted by Crippen LogP contribution is -2.29. The minimum Gasteiger partial charge on any atom is -0.313 e. The van der Waals surface area contributed by atoms with Crippen LogP contribution in [0.2, 0.25) is 0 Å². The van der Waals surface area contributed by atoms with Gasteiger partial charge in [-0.2, -0.15) is 0 Å². The molecule has 0 radical (unpaired) electrons. The van der Waals surface area contributed by atoms with E-state index in [0.29, 0.717) is 12.5 Å². The molecule has 0 aromatic heterocycles. The molecule has 2 nitrogen and oxygen atoms in total. The van der Waals surface area contributed by atoms with E-state index >= 15 is 0 Å². The Kier molecular flexibility index (Phi) is 3.53. The number of benzene rings is 1. The minimum absolute atomic E-state index is 0.265. The second-order valence-electron chi connectivity index (χ2n) is 5.51. The first-order valence-electron chi connectivity index (χ1n) is 6.76. The standard InChI is InChI=1S/C15H18BrNO/c16-12-5-1-3-10(7-12)15(18)8-14-13-6-2-4-11(13)9-17-14/h1,3,5,7,11,13-14,17H,2,4,6,8-9H2. The highest BCUT2D eigenvalue weighted by Crippen LogP contribution is 2.39. The number of halogens is 1. The van der Waals surface area contributed by atoms with Gasteiger partial charge in [-0.15, -0.1) is 0 Å². The molecule has 2 aliphatic rings. The third-order valence-corrected chi connectivity index (χ3v) is 4.92. The Hall–Kier alpha value is -0.670. The smallest absolute Gasteiger partial charge is 0.164 e. The summed E-state index contributed by atoms with van der Waals surface area (Å²) in [6.45, 7) is 1.11. The molecular weight excluding hydrogens is 290 g/mol. The monoisotopic (exact) mass is 307 g/mol. The van der Waals surface area contributed by atoms with Crippen molar-refractivity contribution in [2.45, 2.75) is 31.7 Å². The van der Waals surface area contributed by atoms with Crippen molar-refractivity contribution in [3.05, 3.63) is 34.3 Å². The summed E-state index contributed by atoms with van der Waals surface area (Å²) in [6, 6.07) is 8.12. The van der Waals surface area contributed by atoms with Crippen molar-refractivity contribution in [2.75, 3.05) is 6.54 Å². The van der Waals surface area contributed by atoms with Crippen molar-refractivity contribution in [3.63, 3.8) is 0 Å². The van der Waals surface area contributed by atoms with E-state index in [1.54, 1.807) is 0 Å². The van der Waals surface area contributed by atoms with Gasteiger partial charge in [0.2, 0.25) is 0 Å². The predicted octanol–water partition coefficient (Wildman–Crippen LogP) is 3.41. The van der Waals surface area contributed by atoms with E-state index in [-0.39, 0.29) is 5.78 Å². The van der Waals surface area contributed by atoms with Crippen molar-refractivity contribution >= 4 is 21.7 Å². The molecule has 96 valence electrons. The second-order valence-corrected chi connectivity index (χ2v) is 6.42. The minimum atomic E-state index is 0.265. The molecule has 2 fully saturated rings. The first kappa shape index (κ1) is 12.4. The van der Waals surface area contributed by atoms with Crippen molar-refractivity contribution < 1.29 is 4.79 Å². The number of carbonyl (C=O) groups excluding carboxylic acids is 1. The Morgan fingerprint density at radius 2 is 2.28 bits per heavy atom. The summed E-state index contributed by atoms with van der Waals surface area (Å²) < 4.78 is 0.978. The maximum Gasteiger partial charge on any atom is 0.164 e. The molecular formula is C15H18BrNO. The molecule has 18 heavy (non-hydrogen) atoms. The zero-order valence-corrected chi connectivity index (χ0v) is 11.9. The molecule has 0 bridgehead atoms. The number of hydrogen-bond donors (Lipinski definition) is 1. The molecule has 3 atom stereocenters. The lowest BCUT2D eigenvalue weighted by molar-refractivity contribution is 0.0963. The SMILES string of the molecule is O=C(CC1NCC2CCCC21)c1cccc(Br)c1. The summed E-state index contributed by atoms with van der Waals surface area (Å²) >= 11 is 3.42. The van der Waals surface area contributed by atoms with Gasteiger partial charge in [0.25, 0.3) is 0 Å². The van der Waals surface area contributed by atoms with Gasteiger partial charge < -0.3 is 5.32 Å². The van der Waals surface area contributed by atoms with Crippen LogP contribution in [0.4, 0.5) is 0 Å². The fourth-order valence-electron chi connectivity index (χ4n) is 3.51. The molecule has 0 amide bonds. The number of carbonyl (C=O) groups is 1. The van der Waals surface area contributed by atoms with Gasteiger partial charge in [0, 0.05) is 22.5 Å². The largest absolute Gasteiger partial charge is 0.313 e. The van der Waals surface area contributed by atoms with Gasteiger partial charge >= 0.3 is 0 Å². The highest BCUT2D eigenvalue weighted by molar-refractivity contribution is 9.10. The maximum atomic E-state index is 12.3. The Balaban J connectivity index is 1.68. The van der Waals surface area contributed by atoms with Crippen LogP contribution in [0.5, 0.6) is 0 Å². The van der Waals surface area contributed by atoms with E-state index in [2.05, 4.69) is 21.2 Å². The quantitative estimate of drug-likeness (QED) is 0.867. The predicted molar refractivity (Wildman–Crippen MR) is 75.7 cm³/mol. The third-order valence-electron chi connectivity index (χ3n) is 4.43. The normalized spacial score (nSPS) is 30.4. The lowest BCUT2D eigenvalue weighted by atomic mass is 9.90. The molecule has 3 unspecified atom stereocenters. The van der Waals surface area contributed by atoms with Crippen LogP contribution in [-0.4, -0.2) is 18.4 Å². The van der Waals surface area contributed by atoms with Crippen molar-refractivity contribution in [2.24, 2.45) is 11.8 Å². The summed E-state index contributed by atoms with van der Waals surface area (Å²) in [6.07, 6.45) is 4.64. The maximum absolute atomic E-state index is 12.3. The molecule has 1 aromatic carbocycles. The van der Waals surface area contributed by atoms with Crippen LogP contribution >= 0.6 is 15.9 Å². The summed E-state index contributed by atoms with van der Waals surface area (Å²) in [4.78, 5) is 12.3. The van der Waals surface area contributed by atoms with Gasteiger partial charge in [0.15, 0.2) is 5.78 Å². The van der Waals surface area contributed by atoms with E-state index in [1.165, 1.54) is 19.3 Å². The van der Waals surface area contributed by atoms with E-state index in [0.717, 1.165) is 28.4 Å². The van der Waals surface area contributed by atoms with Gasteiger partial charge in [-0.1, -0.05) is 34.5 Å². The van der Waals surface area contributed by atoms with E-state index in [1.807, 2.05) is 24.3 Å². The summed E-state index contributed by atoms with van der Waals surface area (Å²) in [5.41, 5.74) is 0.827. The zero-order chi connectivity index (χ0) is 12.5. The first-order chi connectivity index (χ1) is 8.74. The van der Waals surface area contributed by atoms with Crippen LogP contribution in [-0.2, 0) is 0 Å². The van der Waals surface area contributed by atoms with Gasteiger partial charge in [-0.05, 0) is 43.4 Å². The molecule has 1 aliphatic heterocycles. The van der Waals surface area contributed by atoms with Gasteiger partial charge in [0.05, 0.1) is 0 Å².